The number of alkyl halides is 1. The van der Waals surface area contributed by atoms with Gasteiger partial charge in [0, 0.05) is 13.0 Å². The molecule has 1 aromatic carbocycles. The average Bonchev–Trinajstić information content (AvgIpc) is 2.17. The summed E-state index contributed by atoms with van der Waals surface area (Å²) in [5.41, 5.74) is 1.22. The predicted octanol–water partition coefficient (Wildman–Crippen LogP) is 2.45. The summed E-state index contributed by atoms with van der Waals surface area (Å²) >= 11 is 5.61. The van der Waals surface area contributed by atoms with Crippen LogP contribution in [-0.2, 0) is 11.2 Å². The van der Waals surface area contributed by atoms with Crippen LogP contribution in [0.1, 0.15) is 5.56 Å². The van der Waals surface area contributed by atoms with Crippen molar-refractivity contribution in [3.05, 3.63) is 29.8 Å². The van der Waals surface area contributed by atoms with Gasteiger partial charge in [-0.05, 0) is 24.1 Å². The van der Waals surface area contributed by atoms with Crippen molar-refractivity contribution in [2.45, 2.75) is 6.42 Å². The first kappa shape index (κ1) is 10.4. The molecule has 0 atom stereocenters. The van der Waals surface area contributed by atoms with E-state index >= 15 is 0 Å². The Balaban J connectivity index is 2.48. The number of aryl methyl sites for hydroxylation is 1. The van der Waals surface area contributed by atoms with E-state index < -0.39 is 0 Å². The molecule has 1 aromatic rings. The van der Waals surface area contributed by atoms with Crippen molar-refractivity contribution in [2.24, 2.45) is 0 Å². The van der Waals surface area contributed by atoms with Gasteiger partial charge in [0.1, 0.15) is 5.75 Å². The minimum Gasteiger partial charge on any atom is -0.468 e. The van der Waals surface area contributed by atoms with Gasteiger partial charge in [-0.2, -0.15) is 0 Å². The van der Waals surface area contributed by atoms with Gasteiger partial charge in [0.25, 0.3) is 0 Å². The summed E-state index contributed by atoms with van der Waals surface area (Å²) in [6.45, 7) is 0.287. The smallest absolute Gasteiger partial charge is 0.188 e. The van der Waals surface area contributed by atoms with Crippen molar-refractivity contribution in [1.29, 1.82) is 0 Å². The molecule has 0 aromatic heterocycles. The van der Waals surface area contributed by atoms with E-state index in [-0.39, 0.29) is 6.79 Å². The lowest BCUT2D eigenvalue weighted by atomic mass is 10.2. The van der Waals surface area contributed by atoms with E-state index in [9.17, 15) is 0 Å². The van der Waals surface area contributed by atoms with Crippen LogP contribution < -0.4 is 4.74 Å². The zero-order valence-electron chi connectivity index (χ0n) is 7.63. The van der Waals surface area contributed by atoms with Crippen LogP contribution in [0.2, 0.25) is 0 Å². The quantitative estimate of drug-likeness (QED) is 0.537. The highest BCUT2D eigenvalue weighted by Crippen LogP contribution is 2.12. The lowest BCUT2D eigenvalue weighted by Crippen LogP contribution is -1.98. The molecule has 0 saturated carbocycles. The summed E-state index contributed by atoms with van der Waals surface area (Å²) in [5, 5.41) is 0. The third-order valence-corrected chi connectivity index (χ3v) is 1.84. The number of halogens is 1. The number of hydrogen-bond donors (Lipinski definition) is 0. The second kappa shape index (κ2) is 5.84. The molecule has 72 valence electrons. The zero-order valence-corrected chi connectivity index (χ0v) is 8.38. The van der Waals surface area contributed by atoms with Gasteiger partial charge in [0.2, 0.25) is 0 Å². The molecular weight excluding hydrogens is 188 g/mol. The average molecular weight is 201 g/mol. The first-order valence-corrected chi connectivity index (χ1v) is 4.67. The topological polar surface area (TPSA) is 18.5 Å². The summed E-state index contributed by atoms with van der Waals surface area (Å²) in [7, 11) is 1.60. The minimum atomic E-state index is 0.287. The van der Waals surface area contributed by atoms with Crippen LogP contribution >= 0.6 is 11.6 Å². The zero-order chi connectivity index (χ0) is 9.52. The normalized spacial score (nSPS) is 10.0. The first-order chi connectivity index (χ1) is 6.36. The number of methoxy groups -OCH3 is 1. The lowest BCUT2D eigenvalue weighted by Gasteiger charge is -2.04. The van der Waals surface area contributed by atoms with E-state index in [1.54, 1.807) is 7.11 Å². The van der Waals surface area contributed by atoms with Gasteiger partial charge in [-0.3, -0.25) is 0 Å². The van der Waals surface area contributed by atoms with Crippen LogP contribution in [-0.4, -0.2) is 19.8 Å². The highest BCUT2D eigenvalue weighted by molar-refractivity contribution is 6.17. The van der Waals surface area contributed by atoms with Gasteiger partial charge >= 0.3 is 0 Å². The van der Waals surface area contributed by atoms with Crippen LogP contribution in [0.25, 0.3) is 0 Å². The lowest BCUT2D eigenvalue weighted by molar-refractivity contribution is 0.0511. The van der Waals surface area contributed by atoms with Gasteiger partial charge in [-0.25, -0.2) is 0 Å². The Kier molecular flexibility index (Phi) is 4.65. The molecule has 0 fully saturated rings. The van der Waals surface area contributed by atoms with Crippen molar-refractivity contribution >= 4 is 11.6 Å². The van der Waals surface area contributed by atoms with Gasteiger partial charge in [0.15, 0.2) is 6.79 Å². The van der Waals surface area contributed by atoms with Crippen molar-refractivity contribution in [2.75, 3.05) is 19.8 Å². The van der Waals surface area contributed by atoms with Crippen molar-refractivity contribution in [3.8, 4) is 5.75 Å². The Bertz CT molecular complexity index is 233. The van der Waals surface area contributed by atoms with Crippen LogP contribution in [0.5, 0.6) is 5.75 Å². The van der Waals surface area contributed by atoms with Crippen LogP contribution in [0.3, 0.4) is 0 Å². The van der Waals surface area contributed by atoms with E-state index in [2.05, 4.69) is 0 Å². The molecule has 0 aliphatic rings. The van der Waals surface area contributed by atoms with Gasteiger partial charge < -0.3 is 9.47 Å². The molecular formula is C10H13ClO2. The Labute approximate surface area is 83.4 Å². The molecule has 13 heavy (non-hydrogen) atoms. The van der Waals surface area contributed by atoms with Gasteiger partial charge in [-0.15, -0.1) is 11.6 Å². The Hall–Kier alpha value is -0.730. The fourth-order valence-corrected chi connectivity index (χ4v) is 1.21. The molecule has 0 amide bonds. The van der Waals surface area contributed by atoms with Crippen LogP contribution in [0, 0.1) is 0 Å². The van der Waals surface area contributed by atoms with Crippen molar-refractivity contribution in [3.63, 3.8) is 0 Å². The molecule has 0 bridgehead atoms. The highest BCUT2D eigenvalue weighted by atomic mass is 35.5. The molecule has 0 heterocycles. The van der Waals surface area contributed by atoms with Crippen molar-refractivity contribution in [1.82, 2.24) is 0 Å². The van der Waals surface area contributed by atoms with E-state index in [0.717, 1.165) is 12.2 Å². The maximum atomic E-state index is 5.61. The standard InChI is InChI=1S/C10H13ClO2/c1-12-8-13-10-4-2-9(3-5-10)6-7-11/h2-5H,6-8H2,1H3. The molecule has 0 N–H and O–H groups in total. The summed E-state index contributed by atoms with van der Waals surface area (Å²) in [6.07, 6.45) is 0.895. The van der Waals surface area contributed by atoms with Gasteiger partial charge in [-0.1, -0.05) is 12.1 Å². The monoisotopic (exact) mass is 200 g/mol. The Morgan fingerprint density at radius 1 is 1.23 bits per heavy atom. The fourth-order valence-electron chi connectivity index (χ4n) is 0.988. The van der Waals surface area contributed by atoms with Gasteiger partial charge in [0.05, 0.1) is 0 Å². The van der Waals surface area contributed by atoms with E-state index in [1.807, 2.05) is 24.3 Å². The third-order valence-electron chi connectivity index (χ3n) is 1.65. The molecule has 0 aliphatic carbocycles. The molecule has 0 spiro atoms. The maximum absolute atomic E-state index is 5.61. The molecule has 2 nitrogen and oxygen atoms in total. The second-order valence-electron chi connectivity index (χ2n) is 2.63. The van der Waals surface area contributed by atoms with E-state index in [1.165, 1.54) is 5.56 Å². The SMILES string of the molecule is COCOc1ccc(CCCl)cc1. The molecule has 0 radical (unpaired) electrons. The first-order valence-electron chi connectivity index (χ1n) is 4.13. The van der Waals surface area contributed by atoms with E-state index in [4.69, 9.17) is 21.1 Å². The molecule has 0 unspecified atom stereocenters. The number of rotatable bonds is 5. The molecule has 3 heteroatoms. The minimum absolute atomic E-state index is 0.287. The Morgan fingerprint density at radius 3 is 2.46 bits per heavy atom. The molecule has 0 saturated heterocycles. The summed E-state index contributed by atoms with van der Waals surface area (Å²) in [4.78, 5) is 0. The number of benzene rings is 1. The summed E-state index contributed by atoms with van der Waals surface area (Å²) in [6, 6.07) is 7.85. The maximum Gasteiger partial charge on any atom is 0.188 e. The number of hydrogen-bond acceptors (Lipinski definition) is 2. The highest BCUT2D eigenvalue weighted by Gasteiger charge is 1.94. The predicted molar refractivity (Wildman–Crippen MR) is 53.4 cm³/mol. The fraction of sp³-hybridized carbons (Fsp3) is 0.400. The summed E-state index contributed by atoms with van der Waals surface area (Å²) in [5.74, 6) is 1.47. The second-order valence-corrected chi connectivity index (χ2v) is 3.01. The van der Waals surface area contributed by atoms with Crippen LogP contribution in [0.15, 0.2) is 24.3 Å². The third kappa shape index (κ3) is 3.66. The Morgan fingerprint density at radius 2 is 1.92 bits per heavy atom. The largest absolute Gasteiger partial charge is 0.468 e. The van der Waals surface area contributed by atoms with Crippen LogP contribution in [0.4, 0.5) is 0 Å². The van der Waals surface area contributed by atoms with E-state index in [0.29, 0.717) is 5.88 Å². The van der Waals surface area contributed by atoms with Crippen molar-refractivity contribution < 1.29 is 9.47 Å². The number of ether oxygens (including phenoxy) is 2. The molecule has 0 aliphatic heterocycles. The summed E-state index contributed by atoms with van der Waals surface area (Å²) < 4.78 is 10.0. The molecule has 1 rings (SSSR count).